The minimum Gasteiger partial charge on any atom is -0.486 e. The number of hydrogen-bond acceptors (Lipinski definition) is 6. The van der Waals surface area contributed by atoms with E-state index in [0.717, 1.165) is 0 Å². The van der Waals surface area contributed by atoms with E-state index in [2.05, 4.69) is 10.6 Å². The molecule has 0 fully saturated rings. The molecule has 2 heterocycles. The predicted molar refractivity (Wildman–Crippen MR) is 93.7 cm³/mol. The molecule has 0 spiro atoms. The maximum atomic E-state index is 12.3. The number of anilines is 1. The maximum absolute atomic E-state index is 12.3. The number of thiocarbonyl (C=S) groups is 1. The number of carbonyl (C=O) groups is 1. The zero-order valence-electron chi connectivity index (χ0n) is 13.0. The molecule has 7 nitrogen and oxygen atoms in total. The van der Waals surface area contributed by atoms with Gasteiger partial charge in [0.1, 0.15) is 13.2 Å². The highest BCUT2D eigenvalue weighted by molar-refractivity contribution is 7.80. The van der Waals surface area contributed by atoms with Gasteiger partial charge < -0.3 is 24.3 Å². The van der Waals surface area contributed by atoms with Crippen LogP contribution in [0.15, 0.2) is 36.4 Å². The zero-order valence-corrected chi connectivity index (χ0v) is 13.9. The van der Waals surface area contributed by atoms with Crippen molar-refractivity contribution >= 4 is 28.9 Å². The standard InChI is InChI=1S/C17H14N2O5S/c20-16(10-1-3-13-14(7-10)24-9-23-13)19-17(25)18-11-2-4-12-15(8-11)22-6-5-21-12/h1-4,7-8H,5-6,9H2,(H2,18,19,20,25). The van der Waals surface area contributed by atoms with Crippen molar-refractivity contribution in [2.75, 3.05) is 25.3 Å². The van der Waals surface area contributed by atoms with E-state index in [1.165, 1.54) is 0 Å². The summed E-state index contributed by atoms with van der Waals surface area (Å²) in [6.45, 7) is 1.19. The second kappa shape index (κ2) is 6.48. The van der Waals surface area contributed by atoms with Gasteiger partial charge >= 0.3 is 0 Å². The Bertz CT molecular complexity index is 855. The van der Waals surface area contributed by atoms with Gasteiger partial charge in [-0.25, -0.2) is 0 Å². The second-order valence-corrected chi connectivity index (χ2v) is 5.74. The van der Waals surface area contributed by atoms with Crippen LogP contribution in [-0.2, 0) is 0 Å². The third kappa shape index (κ3) is 3.29. The van der Waals surface area contributed by atoms with E-state index in [1.54, 1.807) is 36.4 Å². The monoisotopic (exact) mass is 358 g/mol. The molecular formula is C17H14N2O5S. The third-order valence-electron chi connectivity index (χ3n) is 3.66. The van der Waals surface area contributed by atoms with Crippen LogP contribution < -0.4 is 29.6 Å². The second-order valence-electron chi connectivity index (χ2n) is 5.33. The Balaban J connectivity index is 1.41. The summed E-state index contributed by atoms with van der Waals surface area (Å²) in [5.41, 5.74) is 1.12. The predicted octanol–water partition coefficient (Wildman–Crippen LogP) is 2.31. The van der Waals surface area contributed by atoms with Gasteiger partial charge in [0, 0.05) is 17.3 Å². The summed E-state index contributed by atoms with van der Waals surface area (Å²) in [5, 5.41) is 5.76. The van der Waals surface area contributed by atoms with Gasteiger partial charge in [-0.1, -0.05) is 0 Å². The molecule has 0 radical (unpaired) electrons. The molecule has 0 aromatic heterocycles. The highest BCUT2D eigenvalue weighted by Crippen LogP contribution is 2.33. The highest BCUT2D eigenvalue weighted by atomic mass is 32.1. The van der Waals surface area contributed by atoms with Gasteiger partial charge in [-0.2, -0.15) is 0 Å². The molecule has 0 unspecified atom stereocenters. The molecule has 4 rings (SSSR count). The fourth-order valence-electron chi connectivity index (χ4n) is 2.50. The van der Waals surface area contributed by atoms with E-state index in [1.807, 2.05) is 0 Å². The zero-order chi connectivity index (χ0) is 17.2. The number of carbonyl (C=O) groups excluding carboxylic acids is 1. The van der Waals surface area contributed by atoms with Crippen molar-refractivity contribution in [3.8, 4) is 23.0 Å². The highest BCUT2D eigenvalue weighted by Gasteiger charge is 2.17. The molecule has 8 heteroatoms. The van der Waals surface area contributed by atoms with Gasteiger partial charge in [0.25, 0.3) is 5.91 Å². The summed E-state index contributed by atoms with van der Waals surface area (Å²) in [7, 11) is 0. The maximum Gasteiger partial charge on any atom is 0.257 e. The van der Waals surface area contributed by atoms with E-state index >= 15 is 0 Å². The molecule has 2 aromatic rings. The fourth-order valence-corrected chi connectivity index (χ4v) is 2.71. The summed E-state index contributed by atoms with van der Waals surface area (Å²) in [4.78, 5) is 12.3. The number of amides is 1. The van der Waals surface area contributed by atoms with Gasteiger partial charge in [-0.05, 0) is 42.5 Å². The van der Waals surface area contributed by atoms with Crippen molar-refractivity contribution < 1.29 is 23.7 Å². The van der Waals surface area contributed by atoms with Crippen LogP contribution in [0.5, 0.6) is 23.0 Å². The topological polar surface area (TPSA) is 78.1 Å². The van der Waals surface area contributed by atoms with Crippen molar-refractivity contribution in [3.63, 3.8) is 0 Å². The van der Waals surface area contributed by atoms with E-state index in [-0.39, 0.29) is 17.8 Å². The Morgan fingerprint density at radius 2 is 1.56 bits per heavy atom. The van der Waals surface area contributed by atoms with Crippen LogP contribution in [0, 0.1) is 0 Å². The number of ether oxygens (including phenoxy) is 4. The number of benzene rings is 2. The quantitative estimate of drug-likeness (QED) is 0.798. The lowest BCUT2D eigenvalue weighted by molar-refractivity contribution is 0.0977. The van der Waals surface area contributed by atoms with Gasteiger partial charge in [0.15, 0.2) is 28.1 Å². The smallest absolute Gasteiger partial charge is 0.257 e. The van der Waals surface area contributed by atoms with Crippen LogP contribution in [0.25, 0.3) is 0 Å². The number of rotatable bonds is 2. The summed E-state index contributed by atoms with van der Waals surface area (Å²) < 4.78 is 21.5. The van der Waals surface area contributed by atoms with Crippen LogP contribution in [-0.4, -0.2) is 31.0 Å². The third-order valence-corrected chi connectivity index (χ3v) is 3.87. The molecule has 0 saturated carbocycles. The average molecular weight is 358 g/mol. The van der Waals surface area contributed by atoms with Crippen molar-refractivity contribution in [2.24, 2.45) is 0 Å². The average Bonchev–Trinajstić information content (AvgIpc) is 3.09. The molecular weight excluding hydrogens is 344 g/mol. The van der Waals surface area contributed by atoms with E-state index in [0.29, 0.717) is 47.5 Å². The van der Waals surface area contributed by atoms with Crippen LogP contribution in [0.3, 0.4) is 0 Å². The lowest BCUT2D eigenvalue weighted by atomic mass is 10.2. The SMILES string of the molecule is O=C(NC(=S)Nc1ccc2c(c1)OCCO2)c1ccc2c(c1)OCO2. The van der Waals surface area contributed by atoms with Crippen LogP contribution >= 0.6 is 12.2 Å². The Kier molecular flexibility index (Phi) is 4.02. The van der Waals surface area contributed by atoms with Crippen molar-refractivity contribution in [2.45, 2.75) is 0 Å². The first-order valence-corrected chi connectivity index (χ1v) is 8.01. The number of fused-ring (bicyclic) bond motifs is 2. The molecule has 2 aromatic carbocycles. The first-order chi connectivity index (χ1) is 12.2. The van der Waals surface area contributed by atoms with Crippen LogP contribution in [0.4, 0.5) is 5.69 Å². The minimum absolute atomic E-state index is 0.157. The van der Waals surface area contributed by atoms with E-state index < -0.39 is 0 Å². The summed E-state index contributed by atoms with van der Waals surface area (Å²) in [5.74, 6) is 2.15. The van der Waals surface area contributed by atoms with E-state index in [9.17, 15) is 4.79 Å². The molecule has 0 bridgehead atoms. The molecule has 1 amide bonds. The number of hydrogen-bond donors (Lipinski definition) is 2. The first kappa shape index (κ1) is 15.5. The first-order valence-electron chi connectivity index (χ1n) is 7.61. The molecule has 2 aliphatic heterocycles. The number of nitrogens with one attached hydrogen (secondary N) is 2. The largest absolute Gasteiger partial charge is 0.486 e. The molecule has 0 saturated heterocycles. The Labute approximate surface area is 148 Å². The van der Waals surface area contributed by atoms with Gasteiger partial charge in [0.05, 0.1) is 0 Å². The van der Waals surface area contributed by atoms with Crippen LogP contribution in [0.1, 0.15) is 10.4 Å². The minimum atomic E-state index is -0.339. The Morgan fingerprint density at radius 1 is 0.880 bits per heavy atom. The molecule has 2 N–H and O–H groups in total. The molecule has 0 atom stereocenters. The lowest BCUT2D eigenvalue weighted by Gasteiger charge is -2.19. The summed E-state index contributed by atoms with van der Waals surface area (Å²) in [6, 6.07) is 10.3. The molecule has 128 valence electrons. The van der Waals surface area contributed by atoms with Gasteiger partial charge in [-0.15, -0.1) is 0 Å². The van der Waals surface area contributed by atoms with Crippen molar-refractivity contribution in [3.05, 3.63) is 42.0 Å². The fraction of sp³-hybridized carbons (Fsp3) is 0.176. The Morgan fingerprint density at radius 3 is 2.44 bits per heavy atom. The molecule has 0 aliphatic carbocycles. The molecule has 25 heavy (non-hydrogen) atoms. The Hall–Kier alpha value is -3.00. The van der Waals surface area contributed by atoms with Crippen molar-refractivity contribution in [1.82, 2.24) is 5.32 Å². The van der Waals surface area contributed by atoms with Gasteiger partial charge in [0.2, 0.25) is 6.79 Å². The summed E-state index contributed by atoms with van der Waals surface area (Å²) in [6.07, 6.45) is 0. The van der Waals surface area contributed by atoms with Crippen molar-refractivity contribution in [1.29, 1.82) is 0 Å². The van der Waals surface area contributed by atoms with Gasteiger partial charge in [-0.3, -0.25) is 10.1 Å². The molecule has 2 aliphatic rings. The normalized spacial score (nSPS) is 13.9. The van der Waals surface area contributed by atoms with Crippen LogP contribution in [0.2, 0.25) is 0 Å². The van der Waals surface area contributed by atoms with E-state index in [4.69, 9.17) is 31.2 Å². The summed E-state index contributed by atoms with van der Waals surface area (Å²) >= 11 is 5.20. The lowest BCUT2D eigenvalue weighted by Crippen LogP contribution is -2.34.